The number of ether oxygens (including phenoxy) is 2. The van der Waals surface area contributed by atoms with Gasteiger partial charge in [0.25, 0.3) is 5.56 Å². The first-order valence-electron chi connectivity index (χ1n) is 13.6. The summed E-state index contributed by atoms with van der Waals surface area (Å²) in [6, 6.07) is 11.2. The topological polar surface area (TPSA) is 111 Å². The van der Waals surface area contributed by atoms with E-state index >= 15 is 0 Å². The third-order valence-electron chi connectivity index (χ3n) is 7.65. The fourth-order valence-electron chi connectivity index (χ4n) is 5.86. The summed E-state index contributed by atoms with van der Waals surface area (Å²) in [5, 5.41) is 14.0. The van der Waals surface area contributed by atoms with Crippen molar-refractivity contribution in [3.63, 3.8) is 0 Å². The molecule has 1 aromatic carbocycles. The molecular weight excluding hydrogens is 484 g/mol. The molecule has 0 bridgehead atoms. The molecule has 200 valence electrons. The lowest BCUT2D eigenvalue weighted by atomic mass is 10.0. The van der Waals surface area contributed by atoms with Gasteiger partial charge in [-0.05, 0) is 79.4 Å². The number of benzene rings is 1. The van der Waals surface area contributed by atoms with Crippen molar-refractivity contribution in [3.8, 4) is 5.75 Å². The summed E-state index contributed by atoms with van der Waals surface area (Å²) in [6.45, 7) is 4.39. The molecule has 4 aromatic rings. The first-order valence-corrected chi connectivity index (χ1v) is 13.6. The summed E-state index contributed by atoms with van der Waals surface area (Å²) < 4.78 is 19.5. The number of furan rings is 1. The van der Waals surface area contributed by atoms with Gasteiger partial charge in [-0.2, -0.15) is 0 Å². The smallest absolute Gasteiger partial charge is 0.253 e. The average molecular weight is 519 g/mol. The van der Waals surface area contributed by atoms with Crippen molar-refractivity contribution >= 4 is 10.9 Å². The fourth-order valence-corrected chi connectivity index (χ4v) is 5.86. The second-order valence-corrected chi connectivity index (χ2v) is 10.2. The highest BCUT2D eigenvalue weighted by Gasteiger charge is 2.35. The lowest BCUT2D eigenvalue weighted by molar-refractivity contribution is 0.0541. The summed E-state index contributed by atoms with van der Waals surface area (Å²) >= 11 is 0. The molecular formula is C28H34N6O4. The van der Waals surface area contributed by atoms with Gasteiger partial charge in [0.2, 0.25) is 0 Å². The molecule has 0 unspecified atom stereocenters. The van der Waals surface area contributed by atoms with E-state index in [-0.39, 0.29) is 17.7 Å². The first kappa shape index (κ1) is 24.8. The van der Waals surface area contributed by atoms with E-state index in [0.717, 1.165) is 67.5 Å². The summed E-state index contributed by atoms with van der Waals surface area (Å²) in [5.41, 5.74) is 1.18. The molecule has 10 heteroatoms. The van der Waals surface area contributed by atoms with E-state index in [4.69, 9.17) is 13.9 Å². The number of tetrazole rings is 1. The third-order valence-corrected chi connectivity index (χ3v) is 7.65. The molecule has 2 fully saturated rings. The van der Waals surface area contributed by atoms with Gasteiger partial charge in [-0.25, -0.2) is 4.68 Å². The number of rotatable bonds is 10. The average Bonchev–Trinajstić information content (AvgIpc) is 3.73. The number of nitrogens with one attached hydrogen (secondary N) is 1. The Morgan fingerprint density at radius 1 is 1.18 bits per heavy atom. The van der Waals surface area contributed by atoms with E-state index in [2.05, 4.69) is 25.4 Å². The largest absolute Gasteiger partial charge is 0.494 e. The van der Waals surface area contributed by atoms with Crippen molar-refractivity contribution in [1.82, 2.24) is 30.1 Å². The summed E-state index contributed by atoms with van der Waals surface area (Å²) in [6.07, 6.45) is 8.10. The molecule has 3 aromatic heterocycles. The van der Waals surface area contributed by atoms with Gasteiger partial charge in [-0.1, -0.05) is 12.8 Å². The van der Waals surface area contributed by atoms with Gasteiger partial charge in [-0.15, -0.1) is 5.10 Å². The zero-order valence-electron chi connectivity index (χ0n) is 21.7. The van der Waals surface area contributed by atoms with Crippen LogP contribution in [0.5, 0.6) is 5.75 Å². The monoisotopic (exact) mass is 518 g/mol. The van der Waals surface area contributed by atoms with Gasteiger partial charge in [0, 0.05) is 29.6 Å². The molecule has 2 aliphatic rings. The van der Waals surface area contributed by atoms with Gasteiger partial charge in [0.05, 0.1) is 31.6 Å². The van der Waals surface area contributed by atoms with Gasteiger partial charge in [-0.3, -0.25) is 9.69 Å². The molecule has 1 aliphatic carbocycles. The van der Waals surface area contributed by atoms with Crippen LogP contribution in [0.1, 0.15) is 74.7 Å². The predicted molar refractivity (Wildman–Crippen MR) is 141 cm³/mol. The Morgan fingerprint density at radius 2 is 2.08 bits per heavy atom. The molecule has 38 heavy (non-hydrogen) atoms. The molecule has 6 rings (SSSR count). The van der Waals surface area contributed by atoms with E-state index in [1.165, 1.54) is 0 Å². The van der Waals surface area contributed by atoms with Crippen LogP contribution in [0.2, 0.25) is 0 Å². The van der Waals surface area contributed by atoms with E-state index < -0.39 is 6.04 Å². The SMILES string of the molecule is CCOc1ccc2[nH]c(=O)c([C@@H](c3nnnn3C3CCCC3)N(Cc3ccco3)C[C@H]3CCCO3)cc2c1. The molecule has 4 heterocycles. The lowest BCUT2D eigenvalue weighted by Gasteiger charge is -2.32. The standard InChI is InChI=1S/C28H34N6O4/c1-2-36-21-11-12-25-19(15-21)16-24(28(35)29-25)26(27-30-31-32-34(27)20-7-3-4-8-20)33(17-22-9-5-13-37-22)18-23-10-6-14-38-23/h5,9,11-13,15-16,20,23,26H,2-4,6-8,10,14,17-18H2,1H3,(H,29,35)/t23-,26+/m1/s1. The van der Waals surface area contributed by atoms with Crippen molar-refractivity contribution in [2.24, 2.45) is 0 Å². The van der Waals surface area contributed by atoms with Crippen LogP contribution in [0.3, 0.4) is 0 Å². The molecule has 10 nitrogen and oxygen atoms in total. The van der Waals surface area contributed by atoms with E-state index in [9.17, 15) is 4.79 Å². The maximum absolute atomic E-state index is 13.7. The van der Waals surface area contributed by atoms with Crippen LogP contribution in [0.4, 0.5) is 0 Å². The molecule has 0 radical (unpaired) electrons. The number of hydrogen-bond acceptors (Lipinski definition) is 8. The zero-order valence-corrected chi connectivity index (χ0v) is 21.7. The van der Waals surface area contributed by atoms with Crippen molar-refractivity contribution in [2.45, 2.75) is 70.2 Å². The van der Waals surface area contributed by atoms with Gasteiger partial charge >= 0.3 is 0 Å². The second kappa shape index (κ2) is 11.1. The van der Waals surface area contributed by atoms with Gasteiger partial charge in [0.1, 0.15) is 17.6 Å². The van der Waals surface area contributed by atoms with E-state index in [1.807, 2.05) is 48.0 Å². The highest BCUT2D eigenvalue weighted by molar-refractivity contribution is 5.80. The molecule has 1 aliphatic heterocycles. The Bertz CT molecular complexity index is 1400. The summed E-state index contributed by atoms with van der Waals surface area (Å²) in [7, 11) is 0. The second-order valence-electron chi connectivity index (χ2n) is 10.2. The minimum absolute atomic E-state index is 0.0624. The summed E-state index contributed by atoms with van der Waals surface area (Å²) in [4.78, 5) is 19.0. The Morgan fingerprint density at radius 3 is 2.84 bits per heavy atom. The van der Waals surface area contributed by atoms with Crippen LogP contribution in [0.15, 0.2) is 51.9 Å². The number of fused-ring (bicyclic) bond motifs is 1. The van der Waals surface area contributed by atoms with Crippen molar-refractivity contribution in [1.29, 1.82) is 0 Å². The third kappa shape index (κ3) is 5.10. The minimum atomic E-state index is -0.496. The maximum Gasteiger partial charge on any atom is 0.253 e. The Kier molecular flexibility index (Phi) is 7.24. The Labute approximate surface area is 220 Å². The number of H-pyrrole nitrogens is 1. The van der Waals surface area contributed by atoms with Crippen molar-refractivity contribution < 1.29 is 13.9 Å². The molecule has 1 saturated carbocycles. The van der Waals surface area contributed by atoms with Crippen molar-refractivity contribution in [3.05, 3.63) is 70.2 Å². The number of pyridine rings is 1. The fraction of sp³-hybridized carbons (Fsp3) is 0.500. The summed E-state index contributed by atoms with van der Waals surface area (Å²) in [5.74, 6) is 2.24. The number of hydrogen-bond donors (Lipinski definition) is 1. The Balaban J connectivity index is 1.49. The van der Waals surface area contributed by atoms with Crippen LogP contribution in [0.25, 0.3) is 10.9 Å². The number of aromatic nitrogens is 5. The van der Waals surface area contributed by atoms with E-state index in [1.54, 1.807) is 6.26 Å². The first-order chi connectivity index (χ1) is 18.7. The molecule has 0 amide bonds. The van der Waals surface area contributed by atoms with Crippen LogP contribution >= 0.6 is 0 Å². The van der Waals surface area contributed by atoms with E-state index in [0.29, 0.717) is 31.1 Å². The minimum Gasteiger partial charge on any atom is -0.494 e. The van der Waals surface area contributed by atoms with Gasteiger partial charge in [0.15, 0.2) is 5.82 Å². The zero-order chi connectivity index (χ0) is 25.9. The Hall–Kier alpha value is -3.50. The van der Waals surface area contributed by atoms with Crippen LogP contribution < -0.4 is 10.3 Å². The van der Waals surface area contributed by atoms with Crippen molar-refractivity contribution in [2.75, 3.05) is 19.8 Å². The molecule has 1 N–H and O–H groups in total. The highest BCUT2D eigenvalue weighted by Crippen LogP contribution is 2.35. The lowest BCUT2D eigenvalue weighted by Crippen LogP contribution is -2.39. The quantitative estimate of drug-likeness (QED) is 0.329. The molecule has 2 atom stereocenters. The van der Waals surface area contributed by atoms with Crippen LogP contribution in [-0.4, -0.2) is 56.0 Å². The van der Waals surface area contributed by atoms with Gasteiger partial charge < -0.3 is 18.9 Å². The van der Waals surface area contributed by atoms with Crippen LogP contribution in [0, 0.1) is 0 Å². The number of nitrogens with zero attached hydrogens (tertiary/aromatic N) is 5. The predicted octanol–water partition coefficient (Wildman–Crippen LogP) is 4.39. The normalized spacial score (nSPS) is 19.1. The van der Waals surface area contributed by atoms with Crippen LogP contribution in [-0.2, 0) is 11.3 Å². The maximum atomic E-state index is 13.7. The highest BCUT2D eigenvalue weighted by atomic mass is 16.5. The molecule has 0 spiro atoms. The number of aromatic amines is 1. The molecule has 1 saturated heterocycles.